The summed E-state index contributed by atoms with van der Waals surface area (Å²) in [5.74, 6) is -0.827. The highest BCUT2D eigenvalue weighted by atomic mass is 16.2. The molecule has 0 unspecified atom stereocenters. The number of nitrogens with one attached hydrogen (secondary N) is 2. The van der Waals surface area contributed by atoms with E-state index < -0.39 is 0 Å². The quantitative estimate of drug-likeness (QED) is 0.630. The maximum absolute atomic E-state index is 11.9. The highest BCUT2D eigenvalue weighted by Gasteiger charge is 2.22. The molecule has 0 aliphatic carbocycles. The van der Waals surface area contributed by atoms with E-state index in [1.807, 2.05) is 18.2 Å². The lowest BCUT2D eigenvalue weighted by atomic mass is 10.2. The van der Waals surface area contributed by atoms with Crippen LogP contribution in [0.5, 0.6) is 0 Å². The Bertz CT molecular complexity index is 543. The number of nitrogens with zero attached hydrogens (tertiary/aromatic N) is 1. The lowest BCUT2D eigenvalue weighted by Crippen LogP contribution is -2.51. The van der Waals surface area contributed by atoms with Gasteiger partial charge in [0.15, 0.2) is 0 Å². The summed E-state index contributed by atoms with van der Waals surface area (Å²) in [6.45, 7) is 1.06. The summed E-state index contributed by atoms with van der Waals surface area (Å²) in [6, 6.07) is 7.31. The molecule has 1 heterocycles. The summed E-state index contributed by atoms with van der Waals surface area (Å²) >= 11 is 0. The smallest absolute Gasteiger partial charge is 0.240 e. The molecule has 0 bridgehead atoms. The zero-order valence-corrected chi connectivity index (χ0v) is 11.6. The van der Waals surface area contributed by atoms with Crippen LogP contribution in [0.2, 0.25) is 0 Å². The number of hydrogen-bond donors (Lipinski definition) is 3. The first-order chi connectivity index (χ1) is 10.1. The predicted molar refractivity (Wildman–Crippen MR) is 77.2 cm³/mol. The molecule has 1 fully saturated rings. The van der Waals surface area contributed by atoms with Crippen molar-refractivity contribution in [1.82, 2.24) is 10.2 Å². The minimum Gasteiger partial charge on any atom is -0.326 e. The normalized spacial score (nSPS) is 15.7. The van der Waals surface area contributed by atoms with Crippen LogP contribution in [-0.4, -0.2) is 42.3 Å². The number of nitrogens with two attached hydrogens (primary N) is 1. The van der Waals surface area contributed by atoms with Crippen molar-refractivity contribution in [1.29, 1.82) is 0 Å². The van der Waals surface area contributed by atoms with Crippen LogP contribution in [0.3, 0.4) is 0 Å². The Morgan fingerprint density at radius 2 is 2.00 bits per heavy atom. The molecule has 0 aromatic heterocycles. The van der Waals surface area contributed by atoms with Crippen LogP contribution in [0.25, 0.3) is 0 Å². The summed E-state index contributed by atoms with van der Waals surface area (Å²) in [4.78, 5) is 35.9. The highest BCUT2D eigenvalue weighted by Crippen LogP contribution is 2.10. The Labute approximate surface area is 122 Å². The molecule has 1 aromatic rings. The van der Waals surface area contributed by atoms with Gasteiger partial charge in [0.2, 0.25) is 17.7 Å². The fourth-order valence-electron chi connectivity index (χ4n) is 2.11. The Kier molecular flexibility index (Phi) is 5.02. The predicted octanol–water partition coefficient (Wildman–Crippen LogP) is -0.568. The van der Waals surface area contributed by atoms with Crippen molar-refractivity contribution in [3.63, 3.8) is 0 Å². The molecule has 2 rings (SSSR count). The van der Waals surface area contributed by atoms with Crippen molar-refractivity contribution in [2.24, 2.45) is 5.73 Å². The number of rotatable bonds is 5. The fraction of sp³-hybridized carbons (Fsp3) is 0.357. The van der Waals surface area contributed by atoms with Crippen molar-refractivity contribution in [3.05, 3.63) is 29.8 Å². The molecule has 3 amide bonds. The third-order valence-corrected chi connectivity index (χ3v) is 3.11. The van der Waals surface area contributed by atoms with Gasteiger partial charge in [-0.3, -0.25) is 24.6 Å². The number of amides is 3. The minimum atomic E-state index is -0.331. The van der Waals surface area contributed by atoms with Crippen molar-refractivity contribution < 1.29 is 14.4 Å². The maximum Gasteiger partial charge on any atom is 0.240 e. The second kappa shape index (κ2) is 6.96. The standard InChI is InChI=1S/C14H18N4O3/c15-7-10-2-1-3-11(6-10)16-12(19)4-5-18-8-13(20)17-14(21)9-18/h1-3,6H,4-5,7-9,15H2,(H,16,19)(H,17,20,21). The van der Waals surface area contributed by atoms with E-state index >= 15 is 0 Å². The van der Waals surface area contributed by atoms with E-state index in [0.29, 0.717) is 18.8 Å². The fourth-order valence-corrected chi connectivity index (χ4v) is 2.11. The van der Waals surface area contributed by atoms with Gasteiger partial charge in [-0.05, 0) is 17.7 Å². The molecule has 1 aliphatic rings. The van der Waals surface area contributed by atoms with Crippen molar-refractivity contribution in [2.45, 2.75) is 13.0 Å². The molecule has 7 nitrogen and oxygen atoms in total. The molecule has 0 atom stereocenters. The zero-order valence-electron chi connectivity index (χ0n) is 11.6. The van der Waals surface area contributed by atoms with E-state index in [4.69, 9.17) is 5.73 Å². The number of benzene rings is 1. The average Bonchev–Trinajstić information content (AvgIpc) is 2.44. The van der Waals surface area contributed by atoms with Crippen LogP contribution in [0, 0.1) is 0 Å². The van der Waals surface area contributed by atoms with Gasteiger partial charge in [0.05, 0.1) is 13.1 Å². The van der Waals surface area contributed by atoms with E-state index in [2.05, 4.69) is 10.6 Å². The summed E-state index contributed by atoms with van der Waals surface area (Å²) in [6.07, 6.45) is 0.216. The molecule has 7 heteroatoms. The second-order valence-corrected chi connectivity index (χ2v) is 4.88. The molecule has 0 spiro atoms. The molecule has 4 N–H and O–H groups in total. The maximum atomic E-state index is 11.9. The van der Waals surface area contributed by atoms with Crippen LogP contribution >= 0.6 is 0 Å². The van der Waals surface area contributed by atoms with E-state index in [1.54, 1.807) is 11.0 Å². The molecule has 0 radical (unpaired) electrons. The number of anilines is 1. The molecule has 0 saturated carbocycles. The monoisotopic (exact) mass is 290 g/mol. The largest absolute Gasteiger partial charge is 0.326 e. The SMILES string of the molecule is NCc1cccc(NC(=O)CCN2CC(=O)NC(=O)C2)c1. The van der Waals surface area contributed by atoms with Gasteiger partial charge in [-0.25, -0.2) is 0 Å². The third-order valence-electron chi connectivity index (χ3n) is 3.11. The first-order valence-electron chi connectivity index (χ1n) is 6.70. The number of carbonyl (C=O) groups excluding carboxylic acids is 3. The van der Waals surface area contributed by atoms with Gasteiger partial charge < -0.3 is 11.1 Å². The molecular formula is C14H18N4O3. The van der Waals surface area contributed by atoms with Gasteiger partial charge in [0, 0.05) is 25.2 Å². The number of imide groups is 1. The van der Waals surface area contributed by atoms with Gasteiger partial charge in [-0.2, -0.15) is 0 Å². The van der Waals surface area contributed by atoms with Gasteiger partial charge >= 0.3 is 0 Å². The van der Waals surface area contributed by atoms with Crippen molar-refractivity contribution >= 4 is 23.4 Å². The Morgan fingerprint density at radius 1 is 1.29 bits per heavy atom. The first kappa shape index (κ1) is 15.1. The van der Waals surface area contributed by atoms with Gasteiger partial charge in [0.1, 0.15) is 0 Å². The van der Waals surface area contributed by atoms with Crippen molar-refractivity contribution in [3.8, 4) is 0 Å². The topological polar surface area (TPSA) is 105 Å². The van der Waals surface area contributed by atoms with Gasteiger partial charge in [-0.15, -0.1) is 0 Å². The summed E-state index contributed by atoms with van der Waals surface area (Å²) < 4.78 is 0. The molecule has 1 aromatic carbocycles. The lowest BCUT2D eigenvalue weighted by Gasteiger charge is -2.24. The molecule has 1 saturated heterocycles. The summed E-state index contributed by atoms with van der Waals surface area (Å²) in [7, 11) is 0. The highest BCUT2D eigenvalue weighted by molar-refractivity contribution is 5.99. The van der Waals surface area contributed by atoms with Crippen molar-refractivity contribution in [2.75, 3.05) is 25.0 Å². The first-order valence-corrected chi connectivity index (χ1v) is 6.70. The molecule has 112 valence electrons. The van der Waals surface area contributed by atoms with Crippen LogP contribution in [0.15, 0.2) is 24.3 Å². The van der Waals surface area contributed by atoms with E-state index in [-0.39, 0.29) is 37.2 Å². The minimum absolute atomic E-state index is 0.141. The Morgan fingerprint density at radius 3 is 2.67 bits per heavy atom. The lowest BCUT2D eigenvalue weighted by molar-refractivity contribution is -0.136. The molecule has 1 aliphatic heterocycles. The van der Waals surface area contributed by atoms with Crippen LogP contribution in [-0.2, 0) is 20.9 Å². The molecular weight excluding hydrogens is 272 g/mol. The van der Waals surface area contributed by atoms with Crippen LogP contribution in [0.4, 0.5) is 5.69 Å². The molecule has 21 heavy (non-hydrogen) atoms. The summed E-state index contributed by atoms with van der Waals surface area (Å²) in [5, 5.41) is 4.99. The zero-order chi connectivity index (χ0) is 15.2. The third kappa shape index (κ3) is 4.66. The second-order valence-electron chi connectivity index (χ2n) is 4.88. The van der Waals surface area contributed by atoms with Crippen LogP contribution in [0.1, 0.15) is 12.0 Å². The number of hydrogen-bond acceptors (Lipinski definition) is 5. The summed E-state index contributed by atoms with van der Waals surface area (Å²) in [5.41, 5.74) is 7.17. The average molecular weight is 290 g/mol. The van der Waals surface area contributed by atoms with E-state index in [0.717, 1.165) is 5.56 Å². The van der Waals surface area contributed by atoms with Crippen LogP contribution < -0.4 is 16.4 Å². The Balaban J connectivity index is 1.81. The van der Waals surface area contributed by atoms with Gasteiger partial charge in [-0.1, -0.05) is 12.1 Å². The number of carbonyl (C=O) groups is 3. The van der Waals surface area contributed by atoms with E-state index in [1.165, 1.54) is 0 Å². The Hall–Kier alpha value is -2.25. The number of piperazine rings is 1. The van der Waals surface area contributed by atoms with E-state index in [9.17, 15) is 14.4 Å². The van der Waals surface area contributed by atoms with Gasteiger partial charge in [0.25, 0.3) is 0 Å².